The molecule has 0 spiro atoms. The summed E-state index contributed by atoms with van der Waals surface area (Å²) in [6.07, 6.45) is -0.209. The Hall–Kier alpha value is -1.88. The summed E-state index contributed by atoms with van der Waals surface area (Å²) in [4.78, 5) is 22.1. The second kappa shape index (κ2) is 6.33. The minimum atomic E-state index is -1.17. The number of carboxylic acids is 1. The molecule has 19 heavy (non-hydrogen) atoms. The molecule has 0 radical (unpaired) electrons. The zero-order valence-electron chi connectivity index (χ0n) is 11.5. The molecule has 0 saturated carbocycles. The molecule has 0 aliphatic rings. The Kier molecular flexibility index (Phi) is 5.06. The molecule has 0 aromatic heterocycles. The second-order valence-electron chi connectivity index (χ2n) is 4.79. The zero-order chi connectivity index (χ0) is 14.6. The van der Waals surface area contributed by atoms with E-state index in [1.54, 1.807) is 0 Å². The molecule has 0 aliphatic carbocycles. The van der Waals surface area contributed by atoms with E-state index in [0.29, 0.717) is 6.54 Å². The lowest BCUT2D eigenvalue weighted by molar-refractivity contribution is -0.140. The number of carbonyl (C=O) groups is 2. The van der Waals surface area contributed by atoms with Crippen LogP contribution < -0.4 is 11.1 Å². The number of nitrogens with two attached hydrogens (primary N) is 1. The molecule has 0 heterocycles. The number of carbonyl (C=O) groups excluding carboxylic acids is 1. The van der Waals surface area contributed by atoms with Gasteiger partial charge in [-0.05, 0) is 43.0 Å². The van der Waals surface area contributed by atoms with Gasteiger partial charge in [-0.1, -0.05) is 12.1 Å². The predicted octanol–water partition coefficient (Wildman–Crippen LogP) is 1.03. The number of aliphatic carboxylic acids is 1. The van der Waals surface area contributed by atoms with E-state index in [9.17, 15) is 9.59 Å². The summed E-state index contributed by atoms with van der Waals surface area (Å²) < 4.78 is 0. The van der Waals surface area contributed by atoms with E-state index >= 15 is 0 Å². The molecule has 0 bridgehead atoms. The maximum Gasteiger partial charge on any atom is 0.321 e. The molecule has 5 heteroatoms. The van der Waals surface area contributed by atoms with Gasteiger partial charge in [-0.2, -0.15) is 0 Å². The van der Waals surface area contributed by atoms with E-state index in [4.69, 9.17) is 10.8 Å². The number of nitrogens with one attached hydrogen (secondary N) is 1. The molecule has 1 atom stereocenters. The summed E-state index contributed by atoms with van der Waals surface area (Å²) in [7, 11) is 0. The molecule has 5 nitrogen and oxygen atoms in total. The third kappa shape index (κ3) is 4.37. The topological polar surface area (TPSA) is 92.4 Å². The molecule has 104 valence electrons. The van der Waals surface area contributed by atoms with Gasteiger partial charge in [0.2, 0.25) is 5.91 Å². The van der Waals surface area contributed by atoms with Crippen molar-refractivity contribution in [1.82, 2.24) is 5.32 Å². The van der Waals surface area contributed by atoms with E-state index in [2.05, 4.69) is 11.4 Å². The number of benzene rings is 1. The molecule has 1 unspecified atom stereocenters. The van der Waals surface area contributed by atoms with Crippen molar-refractivity contribution >= 4 is 11.9 Å². The SMILES string of the molecule is Cc1cc(C)c(CNC(=O)CC(N)C(=O)O)cc1C. The van der Waals surface area contributed by atoms with Gasteiger partial charge in [0.25, 0.3) is 0 Å². The van der Waals surface area contributed by atoms with E-state index in [1.807, 2.05) is 26.8 Å². The van der Waals surface area contributed by atoms with E-state index < -0.39 is 12.0 Å². The lowest BCUT2D eigenvalue weighted by atomic mass is 10.0. The van der Waals surface area contributed by atoms with Gasteiger partial charge in [-0.25, -0.2) is 0 Å². The van der Waals surface area contributed by atoms with E-state index in [-0.39, 0.29) is 12.3 Å². The quantitative estimate of drug-likeness (QED) is 0.740. The first kappa shape index (κ1) is 15.2. The van der Waals surface area contributed by atoms with Crippen LogP contribution in [-0.4, -0.2) is 23.0 Å². The molecule has 1 aromatic carbocycles. The van der Waals surface area contributed by atoms with Crippen LogP contribution in [0.3, 0.4) is 0 Å². The summed E-state index contributed by atoms with van der Waals surface area (Å²) >= 11 is 0. The fraction of sp³-hybridized carbons (Fsp3) is 0.429. The van der Waals surface area contributed by atoms with Crippen molar-refractivity contribution in [3.8, 4) is 0 Å². The number of amides is 1. The third-order valence-corrected chi connectivity index (χ3v) is 3.15. The molecule has 0 saturated heterocycles. The van der Waals surface area contributed by atoms with Crippen LogP contribution >= 0.6 is 0 Å². The fourth-order valence-electron chi connectivity index (χ4n) is 1.76. The number of aryl methyl sites for hydroxylation is 3. The summed E-state index contributed by atoms with van der Waals surface area (Å²) in [5.74, 6) is -1.52. The average molecular weight is 264 g/mol. The number of rotatable bonds is 5. The second-order valence-corrected chi connectivity index (χ2v) is 4.79. The zero-order valence-corrected chi connectivity index (χ0v) is 11.5. The van der Waals surface area contributed by atoms with Crippen LogP contribution in [-0.2, 0) is 16.1 Å². The van der Waals surface area contributed by atoms with E-state index in [0.717, 1.165) is 16.7 Å². The highest BCUT2D eigenvalue weighted by molar-refractivity contribution is 5.84. The van der Waals surface area contributed by atoms with Crippen LogP contribution in [0.4, 0.5) is 0 Å². The first-order chi connectivity index (χ1) is 8.81. The summed E-state index contributed by atoms with van der Waals surface area (Å²) in [5.41, 5.74) is 9.80. The Bertz CT molecular complexity index is 498. The van der Waals surface area contributed by atoms with Gasteiger partial charge in [0.1, 0.15) is 6.04 Å². The van der Waals surface area contributed by atoms with Crippen molar-refractivity contribution in [2.45, 2.75) is 39.8 Å². The van der Waals surface area contributed by atoms with Crippen LogP contribution in [0, 0.1) is 20.8 Å². The largest absolute Gasteiger partial charge is 0.480 e. The summed E-state index contributed by atoms with van der Waals surface area (Å²) in [6, 6.07) is 2.95. The minimum Gasteiger partial charge on any atom is -0.480 e. The molecular weight excluding hydrogens is 244 g/mol. The smallest absolute Gasteiger partial charge is 0.321 e. The molecule has 4 N–H and O–H groups in total. The number of hydrogen-bond donors (Lipinski definition) is 3. The molecule has 0 fully saturated rings. The van der Waals surface area contributed by atoms with Gasteiger partial charge >= 0.3 is 5.97 Å². The first-order valence-electron chi connectivity index (χ1n) is 6.13. The number of carboxylic acid groups (broad SMARTS) is 1. The molecular formula is C14H20N2O3. The summed E-state index contributed by atoms with van der Waals surface area (Å²) in [6.45, 7) is 6.42. The monoisotopic (exact) mass is 264 g/mol. The Morgan fingerprint density at radius 2 is 1.79 bits per heavy atom. The highest BCUT2D eigenvalue weighted by Gasteiger charge is 2.16. The Labute approximate surface area is 112 Å². The van der Waals surface area contributed by atoms with Crippen molar-refractivity contribution in [3.05, 3.63) is 34.4 Å². The standard InChI is InChI=1S/C14H20N2O3/c1-8-4-10(3)11(5-9(8)2)7-16-13(17)6-12(15)14(18)19/h4-5,12H,6-7,15H2,1-3H3,(H,16,17)(H,18,19). The van der Waals surface area contributed by atoms with Crippen LogP contribution in [0.5, 0.6) is 0 Å². The van der Waals surface area contributed by atoms with Gasteiger partial charge < -0.3 is 16.2 Å². The Balaban J connectivity index is 2.60. The van der Waals surface area contributed by atoms with Crippen molar-refractivity contribution in [2.24, 2.45) is 5.73 Å². The van der Waals surface area contributed by atoms with E-state index in [1.165, 1.54) is 5.56 Å². The minimum absolute atomic E-state index is 0.209. The lowest BCUT2D eigenvalue weighted by Gasteiger charge is -2.12. The maximum absolute atomic E-state index is 11.5. The molecule has 1 amide bonds. The third-order valence-electron chi connectivity index (χ3n) is 3.15. The van der Waals surface area contributed by atoms with Crippen molar-refractivity contribution in [3.63, 3.8) is 0 Å². The summed E-state index contributed by atoms with van der Waals surface area (Å²) in [5, 5.41) is 11.3. The maximum atomic E-state index is 11.5. The van der Waals surface area contributed by atoms with Gasteiger partial charge in [-0.15, -0.1) is 0 Å². The highest BCUT2D eigenvalue weighted by Crippen LogP contribution is 2.15. The predicted molar refractivity (Wildman–Crippen MR) is 72.7 cm³/mol. The van der Waals surface area contributed by atoms with Gasteiger partial charge in [0.05, 0.1) is 6.42 Å². The van der Waals surface area contributed by atoms with Crippen LogP contribution in [0.25, 0.3) is 0 Å². The van der Waals surface area contributed by atoms with Crippen molar-refractivity contribution < 1.29 is 14.7 Å². The molecule has 1 aromatic rings. The average Bonchev–Trinajstić information content (AvgIpc) is 2.32. The fourth-order valence-corrected chi connectivity index (χ4v) is 1.76. The normalized spacial score (nSPS) is 12.0. The van der Waals surface area contributed by atoms with Crippen LogP contribution in [0.15, 0.2) is 12.1 Å². The molecule has 0 aliphatic heterocycles. The highest BCUT2D eigenvalue weighted by atomic mass is 16.4. The first-order valence-corrected chi connectivity index (χ1v) is 6.13. The lowest BCUT2D eigenvalue weighted by Crippen LogP contribution is -2.36. The van der Waals surface area contributed by atoms with Gasteiger partial charge in [0, 0.05) is 6.54 Å². The Morgan fingerprint density at radius 1 is 1.21 bits per heavy atom. The van der Waals surface area contributed by atoms with Gasteiger partial charge in [0.15, 0.2) is 0 Å². The number of hydrogen-bond acceptors (Lipinski definition) is 3. The van der Waals surface area contributed by atoms with Crippen molar-refractivity contribution in [1.29, 1.82) is 0 Å². The molecule has 1 rings (SSSR count). The van der Waals surface area contributed by atoms with Gasteiger partial charge in [-0.3, -0.25) is 9.59 Å². The van der Waals surface area contributed by atoms with Crippen molar-refractivity contribution in [2.75, 3.05) is 0 Å². The van der Waals surface area contributed by atoms with Crippen LogP contribution in [0.1, 0.15) is 28.7 Å². The van der Waals surface area contributed by atoms with Crippen LogP contribution in [0.2, 0.25) is 0 Å². The Morgan fingerprint density at radius 3 is 2.37 bits per heavy atom.